The lowest BCUT2D eigenvalue weighted by atomic mass is 10.3. The molecule has 0 saturated carbocycles. The highest BCUT2D eigenvalue weighted by molar-refractivity contribution is 5.74. The number of nitrogens with one attached hydrogen (secondary N) is 1. The number of hydrogen-bond acceptors (Lipinski definition) is 6. The molecule has 0 aromatic carbocycles. The topological polar surface area (TPSA) is 102 Å². The summed E-state index contributed by atoms with van der Waals surface area (Å²) < 4.78 is 6.34. The van der Waals surface area contributed by atoms with E-state index in [1.165, 1.54) is 6.07 Å². The van der Waals surface area contributed by atoms with E-state index in [9.17, 15) is 9.59 Å². The van der Waals surface area contributed by atoms with Crippen LogP contribution in [0.2, 0.25) is 0 Å². The van der Waals surface area contributed by atoms with Crippen LogP contribution in [0.25, 0.3) is 0 Å². The van der Waals surface area contributed by atoms with E-state index in [-0.39, 0.29) is 18.2 Å². The monoisotopic (exact) mass is 267 g/mol. The van der Waals surface area contributed by atoms with Crippen molar-refractivity contribution in [2.75, 3.05) is 25.1 Å². The van der Waals surface area contributed by atoms with Crippen LogP contribution in [0, 0.1) is 0 Å². The molecule has 2 heterocycles. The van der Waals surface area contributed by atoms with Crippen LogP contribution in [0.4, 0.5) is 5.69 Å². The van der Waals surface area contributed by atoms with Gasteiger partial charge in [-0.15, -0.1) is 0 Å². The fraction of sp³-hybridized carbons (Fsp3) is 0.545. The van der Waals surface area contributed by atoms with Crippen molar-refractivity contribution in [1.29, 1.82) is 0 Å². The Bertz CT molecular complexity index is 515. The van der Waals surface area contributed by atoms with Crippen LogP contribution in [-0.4, -0.2) is 42.0 Å². The van der Waals surface area contributed by atoms with E-state index in [0.717, 1.165) is 29.9 Å². The molecular weight excluding hydrogens is 250 g/mol. The highest BCUT2D eigenvalue weighted by Crippen LogP contribution is 2.18. The fourth-order valence-corrected chi connectivity index (χ4v) is 2.05. The summed E-state index contributed by atoms with van der Waals surface area (Å²) in [6.07, 6.45) is 2.68. The molecule has 0 bridgehead atoms. The molecular formula is C11H17N5O3. The lowest BCUT2D eigenvalue weighted by Crippen LogP contribution is -2.37. The predicted octanol–water partition coefficient (Wildman–Crippen LogP) is -1.54. The second-order valence-electron chi connectivity index (χ2n) is 4.37. The van der Waals surface area contributed by atoms with Crippen LogP contribution in [-0.2, 0) is 16.1 Å². The summed E-state index contributed by atoms with van der Waals surface area (Å²) in [7, 11) is 1.68. The molecule has 0 radical (unpaired) electrons. The minimum atomic E-state index is -0.469. The Labute approximate surface area is 110 Å². The fourth-order valence-electron chi connectivity index (χ4n) is 2.05. The Morgan fingerprint density at radius 2 is 2.47 bits per heavy atom. The smallest absolute Gasteiger partial charge is 0.269 e. The van der Waals surface area contributed by atoms with Crippen molar-refractivity contribution in [3.63, 3.8) is 0 Å². The number of carbonyl (C=O) groups excluding carboxylic acids is 1. The molecule has 1 fully saturated rings. The van der Waals surface area contributed by atoms with Gasteiger partial charge in [0.05, 0.1) is 18.0 Å². The second kappa shape index (κ2) is 5.81. The highest BCUT2D eigenvalue weighted by Gasteiger charge is 2.22. The summed E-state index contributed by atoms with van der Waals surface area (Å²) in [4.78, 5) is 25.0. The number of nitrogens with zero attached hydrogens (tertiary/aromatic N) is 3. The zero-order valence-electron chi connectivity index (χ0n) is 10.7. The number of hydrogen-bond donors (Lipinski definition) is 2. The van der Waals surface area contributed by atoms with Crippen molar-refractivity contribution in [2.24, 2.45) is 5.84 Å². The van der Waals surface area contributed by atoms with Crippen LogP contribution in [0.1, 0.15) is 6.42 Å². The van der Waals surface area contributed by atoms with Crippen molar-refractivity contribution in [1.82, 2.24) is 15.2 Å². The van der Waals surface area contributed by atoms with Crippen molar-refractivity contribution >= 4 is 11.6 Å². The Kier molecular flexibility index (Phi) is 4.13. The van der Waals surface area contributed by atoms with E-state index in [1.807, 2.05) is 10.3 Å². The van der Waals surface area contributed by atoms with Crippen LogP contribution in [0.15, 0.2) is 17.1 Å². The van der Waals surface area contributed by atoms with Gasteiger partial charge in [-0.2, -0.15) is 5.10 Å². The molecule has 1 unspecified atom stereocenters. The Morgan fingerprint density at radius 3 is 3.05 bits per heavy atom. The molecule has 1 aromatic heterocycles. The van der Waals surface area contributed by atoms with Crippen LogP contribution >= 0.6 is 0 Å². The third kappa shape index (κ3) is 3.09. The Morgan fingerprint density at radius 1 is 1.68 bits per heavy atom. The van der Waals surface area contributed by atoms with Crippen molar-refractivity contribution in [2.45, 2.75) is 19.1 Å². The van der Waals surface area contributed by atoms with Gasteiger partial charge in [0.25, 0.3) is 11.5 Å². The van der Waals surface area contributed by atoms with E-state index >= 15 is 0 Å². The highest BCUT2D eigenvalue weighted by atomic mass is 16.5. The molecule has 1 aromatic rings. The largest absolute Gasteiger partial charge is 0.380 e. The molecule has 8 heteroatoms. The minimum absolute atomic E-state index is 0.184. The molecule has 1 atom stereocenters. The van der Waals surface area contributed by atoms with Gasteiger partial charge in [0.2, 0.25) is 0 Å². The summed E-state index contributed by atoms with van der Waals surface area (Å²) in [6.45, 7) is 1.38. The third-order valence-electron chi connectivity index (χ3n) is 3.15. The first kappa shape index (κ1) is 13.5. The van der Waals surface area contributed by atoms with Gasteiger partial charge in [0, 0.05) is 26.3 Å². The lowest BCUT2D eigenvalue weighted by molar-refractivity contribution is -0.122. The maximum atomic E-state index is 11.8. The molecule has 104 valence electrons. The minimum Gasteiger partial charge on any atom is -0.380 e. The standard InChI is InChI=1S/C11H17N5O3/c1-19-9-2-3-15(6-9)8-4-11(18)16(13-5-8)7-10(17)14-12/h4-5,9H,2-3,6-7,12H2,1H3,(H,14,17). The molecule has 1 aliphatic heterocycles. The molecule has 8 nitrogen and oxygen atoms in total. The molecule has 1 saturated heterocycles. The normalized spacial score (nSPS) is 18.6. The Hall–Kier alpha value is -1.93. The van der Waals surface area contributed by atoms with Gasteiger partial charge in [0.1, 0.15) is 6.54 Å². The van der Waals surface area contributed by atoms with E-state index in [1.54, 1.807) is 13.3 Å². The van der Waals surface area contributed by atoms with Gasteiger partial charge in [-0.25, -0.2) is 10.5 Å². The number of anilines is 1. The number of methoxy groups -OCH3 is 1. The molecule has 3 N–H and O–H groups in total. The second-order valence-corrected chi connectivity index (χ2v) is 4.37. The maximum absolute atomic E-state index is 11.8. The quantitative estimate of drug-likeness (QED) is 0.389. The predicted molar refractivity (Wildman–Crippen MR) is 68.5 cm³/mol. The van der Waals surface area contributed by atoms with Crippen LogP contribution in [0.5, 0.6) is 0 Å². The molecule has 1 amide bonds. The van der Waals surface area contributed by atoms with Gasteiger partial charge in [-0.1, -0.05) is 0 Å². The number of ether oxygens (including phenoxy) is 1. The van der Waals surface area contributed by atoms with E-state index in [4.69, 9.17) is 10.6 Å². The average Bonchev–Trinajstić information content (AvgIpc) is 2.89. The first-order valence-electron chi connectivity index (χ1n) is 5.98. The van der Waals surface area contributed by atoms with E-state index in [2.05, 4.69) is 5.10 Å². The summed E-state index contributed by atoms with van der Waals surface area (Å²) in [5.74, 6) is 4.50. The summed E-state index contributed by atoms with van der Waals surface area (Å²) in [6, 6.07) is 1.47. The van der Waals surface area contributed by atoms with Gasteiger partial charge in [-0.3, -0.25) is 15.0 Å². The van der Waals surface area contributed by atoms with Crippen molar-refractivity contribution in [3.05, 3.63) is 22.6 Å². The first-order valence-corrected chi connectivity index (χ1v) is 5.98. The zero-order chi connectivity index (χ0) is 13.8. The maximum Gasteiger partial charge on any atom is 0.269 e. The summed E-state index contributed by atoms with van der Waals surface area (Å²) >= 11 is 0. The van der Waals surface area contributed by atoms with Crippen LogP contribution in [0.3, 0.4) is 0 Å². The number of nitrogens with two attached hydrogens (primary N) is 1. The SMILES string of the molecule is COC1CCN(c2cnn(CC(=O)NN)c(=O)c2)C1. The van der Waals surface area contributed by atoms with Gasteiger partial charge < -0.3 is 9.64 Å². The van der Waals surface area contributed by atoms with Gasteiger partial charge >= 0.3 is 0 Å². The summed E-state index contributed by atoms with van der Waals surface area (Å²) in [5, 5.41) is 3.97. The average molecular weight is 267 g/mol. The molecule has 19 heavy (non-hydrogen) atoms. The lowest BCUT2D eigenvalue weighted by Gasteiger charge is -2.17. The van der Waals surface area contributed by atoms with Crippen molar-refractivity contribution in [3.8, 4) is 0 Å². The van der Waals surface area contributed by atoms with Gasteiger partial charge in [0.15, 0.2) is 0 Å². The number of rotatable bonds is 4. The first-order chi connectivity index (χ1) is 9.13. The number of aromatic nitrogens is 2. The summed E-state index contributed by atoms with van der Waals surface area (Å²) in [5.41, 5.74) is 2.37. The molecule has 0 aliphatic carbocycles. The number of amides is 1. The van der Waals surface area contributed by atoms with Crippen LogP contribution < -0.4 is 21.7 Å². The van der Waals surface area contributed by atoms with E-state index < -0.39 is 5.91 Å². The zero-order valence-corrected chi connectivity index (χ0v) is 10.7. The van der Waals surface area contributed by atoms with E-state index in [0.29, 0.717) is 0 Å². The molecule has 2 rings (SSSR count). The van der Waals surface area contributed by atoms with Gasteiger partial charge in [-0.05, 0) is 6.42 Å². The Balaban J connectivity index is 2.11. The molecule has 0 spiro atoms. The third-order valence-corrected chi connectivity index (χ3v) is 3.15. The number of hydrazine groups is 1. The number of carbonyl (C=O) groups is 1. The van der Waals surface area contributed by atoms with Crippen molar-refractivity contribution < 1.29 is 9.53 Å². The molecule has 1 aliphatic rings.